The van der Waals surface area contributed by atoms with Crippen molar-refractivity contribution >= 4 is 23.1 Å². The third-order valence-corrected chi connectivity index (χ3v) is 5.49. The molecule has 1 aliphatic carbocycles. The summed E-state index contributed by atoms with van der Waals surface area (Å²) in [6, 6.07) is 16.0. The Bertz CT molecular complexity index is 1390. The number of allylic oxidation sites excluding steroid dienone is 4. The van der Waals surface area contributed by atoms with Gasteiger partial charge in [0, 0.05) is 11.1 Å². The summed E-state index contributed by atoms with van der Waals surface area (Å²) >= 11 is 0. The molecular formula is C24H17N6+. The molecule has 3 heterocycles. The van der Waals surface area contributed by atoms with E-state index in [1.165, 1.54) is 0 Å². The highest BCUT2D eigenvalue weighted by molar-refractivity contribution is 6.03. The van der Waals surface area contributed by atoms with Gasteiger partial charge in [-0.2, -0.15) is 10.8 Å². The van der Waals surface area contributed by atoms with Gasteiger partial charge in [-0.25, -0.2) is 4.98 Å². The molecule has 3 aromatic rings. The molecule has 0 radical (unpaired) electrons. The van der Waals surface area contributed by atoms with Gasteiger partial charge in [0.15, 0.2) is 0 Å². The summed E-state index contributed by atoms with van der Waals surface area (Å²) in [6.45, 7) is 0. The van der Waals surface area contributed by atoms with Crippen LogP contribution < -0.4 is 5.84 Å². The first-order valence-electron chi connectivity index (χ1n) is 9.66. The second-order valence-electron chi connectivity index (χ2n) is 7.33. The monoisotopic (exact) mass is 389 g/mol. The van der Waals surface area contributed by atoms with Crippen LogP contribution in [0.25, 0.3) is 22.3 Å². The van der Waals surface area contributed by atoms with Crippen molar-refractivity contribution in [2.24, 2.45) is 15.8 Å². The molecule has 142 valence electrons. The molecule has 0 spiro atoms. The van der Waals surface area contributed by atoms with Crippen molar-refractivity contribution in [2.75, 3.05) is 0 Å². The Morgan fingerprint density at radius 2 is 1.80 bits per heavy atom. The van der Waals surface area contributed by atoms with Crippen LogP contribution in [0.5, 0.6) is 0 Å². The maximum atomic E-state index is 6.80. The van der Waals surface area contributed by atoms with E-state index in [0.717, 1.165) is 50.7 Å². The van der Waals surface area contributed by atoms with Crippen molar-refractivity contribution < 1.29 is 4.59 Å². The van der Waals surface area contributed by atoms with E-state index in [0.29, 0.717) is 0 Å². The van der Waals surface area contributed by atoms with E-state index in [2.05, 4.69) is 9.98 Å². The molecule has 0 saturated heterocycles. The summed E-state index contributed by atoms with van der Waals surface area (Å²) < 4.78 is -0.0126. The minimum atomic E-state index is -0.0126. The maximum absolute atomic E-state index is 6.80. The number of nitrogens with two attached hydrogens (primary N) is 1. The molecule has 6 rings (SSSR count). The van der Waals surface area contributed by atoms with Crippen LogP contribution in [0.4, 0.5) is 0 Å². The summed E-state index contributed by atoms with van der Waals surface area (Å²) in [5.74, 6) is 7.53. The van der Waals surface area contributed by atoms with Gasteiger partial charge in [-0.3, -0.25) is 9.98 Å². The molecule has 1 atom stereocenters. The molecule has 0 saturated carbocycles. The Morgan fingerprint density at radius 3 is 2.60 bits per heavy atom. The van der Waals surface area contributed by atoms with Gasteiger partial charge in [0.05, 0.1) is 40.9 Å². The lowest BCUT2D eigenvalue weighted by Gasteiger charge is -2.26. The number of nitrogens with zero attached hydrogens (tertiary/aromatic N) is 5. The molecule has 2 N–H and O–H groups in total. The van der Waals surface area contributed by atoms with E-state index < -0.39 is 0 Å². The van der Waals surface area contributed by atoms with Crippen LogP contribution in [-0.4, -0.2) is 26.6 Å². The van der Waals surface area contributed by atoms with Crippen LogP contribution in [0.1, 0.15) is 5.56 Å². The van der Waals surface area contributed by atoms with Crippen molar-refractivity contribution in [3.8, 4) is 11.3 Å². The fourth-order valence-corrected chi connectivity index (χ4v) is 3.84. The number of fused-ring (bicyclic) bond motifs is 2. The number of quaternary nitrogens is 1. The van der Waals surface area contributed by atoms with E-state index in [-0.39, 0.29) is 4.59 Å². The SMILES string of the molecule is N[N+]12C=CN=CC1=C(C1=CC=C1)N=C2c1ccc2ncc(-c3ccccc3)nc2c1. The van der Waals surface area contributed by atoms with E-state index in [1.54, 1.807) is 18.6 Å². The Labute approximate surface area is 173 Å². The van der Waals surface area contributed by atoms with E-state index in [9.17, 15) is 0 Å². The minimum Gasteiger partial charge on any atom is -0.253 e. The summed E-state index contributed by atoms with van der Waals surface area (Å²) in [5.41, 5.74) is 7.16. The Morgan fingerprint density at radius 1 is 0.933 bits per heavy atom. The van der Waals surface area contributed by atoms with Crippen LogP contribution >= 0.6 is 0 Å². The zero-order valence-electron chi connectivity index (χ0n) is 16.0. The summed E-state index contributed by atoms with van der Waals surface area (Å²) in [5, 5.41) is 0. The first-order valence-corrected chi connectivity index (χ1v) is 9.66. The molecule has 6 heteroatoms. The van der Waals surface area contributed by atoms with Gasteiger partial charge < -0.3 is 0 Å². The van der Waals surface area contributed by atoms with Crippen LogP contribution in [-0.2, 0) is 0 Å². The number of rotatable bonds is 3. The van der Waals surface area contributed by atoms with Crippen molar-refractivity contribution in [3.63, 3.8) is 0 Å². The largest absolute Gasteiger partial charge is 0.265 e. The standard InChI is InChI=1S/C24H17N6/c25-30-12-11-26-15-22(30)23(17-7-4-8-17)29-24(30)18-9-10-19-20(13-18)28-21(14-27-19)16-5-2-1-3-6-16/h1-15H,25H2/q+1. The fourth-order valence-electron chi connectivity index (χ4n) is 3.84. The molecular weight excluding hydrogens is 372 g/mol. The topological polar surface area (TPSA) is 76.5 Å². The number of aromatic nitrogens is 2. The van der Waals surface area contributed by atoms with Crippen LogP contribution in [0.2, 0.25) is 0 Å². The lowest BCUT2D eigenvalue weighted by Crippen LogP contribution is -2.53. The van der Waals surface area contributed by atoms with Crippen LogP contribution in [0.3, 0.4) is 0 Å². The molecule has 2 aromatic carbocycles. The zero-order valence-corrected chi connectivity index (χ0v) is 16.0. The van der Waals surface area contributed by atoms with Crippen LogP contribution in [0, 0.1) is 0 Å². The highest BCUT2D eigenvalue weighted by Gasteiger charge is 2.44. The Balaban J connectivity index is 1.48. The quantitative estimate of drug-likeness (QED) is 0.543. The third kappa shape index (κ3) is 2.45. The predicted molar refractivity (Wildman–Crippen MR) is 118 cm³/mol. The van der Waals surface area contributed by atoms with Crippen molar-refractivity contribution in [1.82, 2.24) is 9.97 Å². The molecule has 0 fully saturated rings. The first-order chi connectivity index (χ1) is 14.7. The molecule has 1 unspecified atom stereocenters. The summed E-state index contributed by atoms with van der Waals surface area (Å²) in [6.07, 6.45) is 13.2. The van der Waals surface area contributed by atoms with E-state index in [4.69, 9.17) is 15.8 Å². The highest BCUT2D eigenvalue weighted by Crippen LogP contribution is 2.36. The number of aliphatic imine (C=N–C) groups is 2. The van der Waals surface area contributed by atoms with Gasteiger partial charge in [-0.05, 0) is 18.2 Å². The second-order valence-corrected chi connectivity index (χ2v) is 7.33. The minimum absolute atomic E-state index is 0.0126. The summed E-state index contributed by atoms with van der Waals surface area (Å²) in [4.78, 5) is 18.6. The molecule has 6 nitrogen and oxygen atoms in total. The fraction of sp³-hybridized carbons (Fsp3) is 0. The molecule has 0 amide bonds. The number of benzene rings is 2. The lowest BCUT2D eigenvalue weighted by molar-refractivity contribution is -0.750. The molecule has 3 aliphatic rings. The second kappa shape index (κ2) is 6.25. The van der Waals surface area contributed by atoms with E-state index in [1.807, 2.05) is 73.0 Å². The van der Waals surface area contributed by atoms with Gasteiger partial charge in [-0.15, -0.1) is 4.59 Å². The van der Waals surface area contributed by atoms with Gasteiger partial charge in [0.1, 0.15) is 11.9 Å². The number of amidine groups is 1. The number of hydrogen-bond acceptors (Lipinski definition) is 5. The van der Waals surface area contributed by atoms with Gasteiger partial charge in [0.2, 0.25) is 5.70 Å². The third-order valence-electron chi connectivity index (χ3n) is 5.49. The Hall–Kier alpha value is -4.00. The highest BCUT2D eigenvalue weighted by atomic mass is 15.6. The molecule has 2 aliphatic heterocycles. The van der Waals surface area contributed by atoms with Gasteiger partial charge in [-0.1, -0.05) is 48.6 Å². The summed E-state index contributed by atoms with van der Waals surface area (Å²) in [7, 11) is 0. The molecule has 0 bridgehead atoms. The zero-order chi connectivity index (χ0) is 20.1. The average molecular weight is 389 g/mol. The average Bonchev–Trinajstić information content (AvgIpc) is 3.05. The van der Waals surface area contributed by atoms with Crippen LogP contribution in [0.15, 0.2) is 112 Å². The normalized spacial score (nSPS) is 21.5. The first kappa shape index (κ1) is 16.9. The number of hydrogen-bond donors (Lipinski definition) is 1. The lowest BCUT2D eigenvalue weighted by atomic mass is 10.0. The van der Waals surface area contributed by atoms with Gasteiger partial charge in [0.25, 0.3) is 5.84 Å². The molecule has 30 heavy (non-hydrogen) atoms. The van der Waals surface area contributed by atoms with Crippen molar-refractivity contribution in [2.45, 2.75) is 0 Å². The van der Waals surface area contributed by atoms with Gasteiger partial charge >= 0.3 is 0 Å². The predicted octanol–water partition coefficient (Wildman–Crippen LogP) is 4.01. The van der Waals surface area contributed by atoms with E-state index >= 15 is 0 Å². The van der Waals surface area contributed by atoms with Crippen molar-refractivity contribution in [3.05, 3.63) is 108 Å². The smallest absolute Gasteiger partial charge is 0.253 e. The van der Waals surface area contributed by atoms with Crippen molar-refractivity contribution in [1.29, 1.82) is 0 Å². The maximum Gasteiger partial charge on any atom is 0.265 e. The Kier molecular flexibility index (Phi) is 3.52. The molecule has 1 aromatic heterocycles.